The van der Waals surface area contributed by atoms with Gasteiger partial charge in [-0.3, -0.25) is 14.4 Å². The summed E-state index contributed by atoms with van der Waals surface area (Å²) >= 11 is 0. The van der Waals surface area contributed by atoms with E-state index in [-0.39, 0.29) is 31.6 Å². The lowest BCUT2D eigenvalue weighted by Gasteiger charge is -2.18. The van der Waals surface area contributed by atoms with Crippen LogP contribution in [0.2, 0.25) is 0 Å². The maximum atomic E-state index is 12.9. The highest BCUT2D eigenvalue weighted by molar-refractivity contribution is 5.71. The number of ether oxygens (including phenoxy) is 3. The van der Waals surface area contributed by atoms with Crippen molar-refractivity contribution in [3.63, 3.8) is 0 Å². The van der Waals surface area contributed by atoms with Crippen molar-refractivity contribution in [2.75, 3.05) is 13.2 Å². The Kier molecular flexibility index (Phi) is 67.7. The van der Waals surface area contributed by atoms with Gasteiger partial charge >= 0.3 is 17.9 Å². The van der Waals surface area contributed by atoms with Gasteiger partial charge in [-0.15, -0.1) is 0 Å². The molecule has 0 amide bonds. The van der Waals surface area contributed by atoms with Crippen LogP contribution in [-0.4, -0.2) is 37.2 Å². The molecular weight excluding hydrogens is 1020 g/mol. The lowest BCUT2D eigenvalue weighted by Crippen LogP contribution is -2.30. The van der Waals surface area contributed by atoms with Crippen LogP contribution in [0.5, 0.6) is 0 Å². The van der Waals surface area contributed by atoms with Gasteiger partial charge in [-0.2, -0.15) is 0 Å². The molecule has 1 unspecified atom stereocenters. The van der Waals surface area contributed by atoms with Gasteiger partial charge in [0, 0.05) is 19.3 Å². The zero-order valence-electron chi connectivity index (χ0n) is 54.9. The minimum Gasteiger partial charge on any atom is -0.462 e. The largest absolute Gasteiger partial charge is 0.462 e. The Morgan fingerprint density at radius 1 is 0.253 bits per heavy atom. The van der Waals surface area contributed by atoms with Crippen molar-refractivity contribution in [3.05, 3.63) is 97.2 Å². The van der Waals surface area contributed by atoms with Crippen molar-refractivity contribution in [3.8, 4) is 0 Å². The van der Waals surface area contributed by atoms with Crippen LogP contribution in [0, 0.1) is 0 Å². The second-order valence-corrected chi connectivity index (χ2v) is 23.8. The van der Waals surface area contributed by atoms with Gasteiger partial charge in [-0.25, -0.2) is 0 Å². The maximum absolute atomic E-state index is 12.9. The summed E-state index contributed by atoms with van der Waals surface area (Å²) in [5.41, 5.74) is 0. The summed E-state index contributed by atoms with van der Waals surface area (Å²) in [6, 6.07) is 0. The zero-order chi connectivity index (χ0) is 59.9. The highest BCUT2D eigenvalue weighted by Gasteiger charge is 2.19. The van der Waals surface area contributed by atoms with Gasteiger partial charge in [0.15, 0.2) is 6.10 Å². The third kappa shape index (κ3) is 69.0. The molecule has 0 N–H and O–H groups in total. The van der Waals surface area contributed by atoms with Crippen LogP contribution in [0.25, 0.3) is 0 Å². The first-order valence-electron chi connectivity index (χ1n) is 35.7. The number of rotatable bonds is 65. The Hall–Kier alpha value is -3.67. The van der Waals surface area contributed by atoms with E-state index in [1.165, 1.54) is 205 Å². The molecule has 0 aliphatic carbocycles. The first-order chi connectivity index (χ1) is 41.0. The van der Waals surface area contributed by atoms with E-state index in [9.17, 15) is 14.4 Å². The van der Waals surface area contributed by atoms with E-state index < -0.39 is 12.1 Å². The summed E-state index contributed by atoms with van der Waals surface area (Å²) in [7, 11) is 0. The third-order valence-electron chi connectivity index (χ3n) is 15.6. The molecular formula is C77H134O6. The summed E-state index contributed by atoms with van der Waals surface area (Å²) in [5, 5.41) is 0. The summed E-state index contributed by atoms with van der Waals surface area (Å²) in [6.45, 7) is 6.45. The summed E-state index contributed by atoms with van der Waals surface area (Å²) < 4.78 is 16.9. The van der Waals surface area contributed by atoms with E-state index in [4.69, 9.17) is 14.2 Å². The molecule has 0 spiro atoms. The molecule has 6 nitrogen and oxygen atoms in total. The second-order valence-electron chi connectivity index (χ2n) is 23.8. The number of unbranched alkanes of at least 4 members (excludes halogenated alkanes) is 38. The van der Waals surface area contributed by atoms with Gasteiger partial charge < -0.3 is 14.2 Å². The molecule has 0 aliphatic heterocycles. The fourth-order valence-electron chi connectivity index (χ4n) is 10.3. The molecule has 0 aliphatic rings. The van der Waals surface area contributed by atoms with Crippen molar-refractivity contribution in [1.29, 1.82) is 0 Å². The van der Waals surface area contributed by atoms with Crippen molar-refractivity contribution in [1.82, 2.24) is 0 Å². The minimum atomic E-state index is -0.825. The predicted octanol–water partition coefficient (Wildman–Crippen LogP) is 24.8. The maximum Gasteiger partial charge on any atom is 0.306 e. The smallest absolute Gasteiger partial charge is 0.306 e. The van der Waals surface area contributed by atoms with E-state index in [1.807, 2.05) is 6.08 Å². The Bertz CT molecular complexity index is 1610. The van der Waals surface area contributed by atoms with Crippen LogP contribution in [0.1, 0.15) is 355 Å². The van der Waals surface area contributed by atoms with Gasteiger partial charge in [0.25, 0.3) is 0 Å². The minimum absolute atomic E-state index is 0.110. The number of carbonyl (C=O) groups excluding carboxylic acids is 3. The van der Waals surface area contributed by atoms with Gasteiger partial charge in [0.05, 0.1) is 0 Å². The summed E-state index contributed by atoms with van der Waals surface area (Å²) in [6.07, 6.45) is 96.2. The third-order valence-corrected chi connectivity index (χ3v) is 15.6. The summed E-state index contributed by atoms with van der Waals surface area (Å²) in [5.74, 6) is -0.997. The van der Waals surface area contributed by atoms with E-state index >= 15 is 0 Å². The van der Waals surface area contributed by atoms with Gasteiger partial charge in [0.1, 0.15) is 13.2 Å². The van der Waals surface area contributed by atoms with Crippen molar-refractivity contribution in [2.24, 2.45) is 0 Å². The lowest BCUT2D eigenvalue weighted by atomic mass is 10.0. The molecule has 0 fully saturated rings. The van der Waals surface area contributed by atoms with Crippen molar-refractivity contribution in [2.45, 2.75) is 361 Å². The van der Waals surface area contributed by atoms with E-state index in [0.717, 1.165) is 103 Å². The molecule has 478 valence electrons. The van der Waals surface area contributed by atoms with Gasteiger partial charge in [-0.1, -0.05) is 349 Å². The molecule has 0 saturated heterocycles. The average Bonchev–Trinajstić information content (AvgIpc) is 3.49. The molecule has 6 heteroatoms. The molecule has 0 heterocycles. The van der Waals surface area contributed by atoms with Gasteiger partial charge in [0.2, 0.25) is 0 Å². The fourth-order valence-corrected chi connectivity index (χ4v) is 10.3. The SMILES string of the molecule is CC/C=C\C/C=C\C/C=C\C/C=C\C/C=C\C/C=C\CCC(=O)OC(COC(=O)CCCCCCC/C=C\C/C=C\CCCC)COC(=O)CCCCCCCCCCCCCCCCCCCCCCCCCCCCCCCCCC. The number of esters is 3. The predicted molar refractivity (Wildman–Crippen MR) is 362 cm³/mol. The molecule has 0 aromatic carbocycles. The van der Waals surface area contributed by atoms with Crippen molar-refractivity contribution >= 4 is 17.9 Å². The highest BCUT2D eigenvalue weighted by atomic mass is 16.6. The van der Waals surface area contributed by atoms with E-state index in [0.29, 0.717) is 19.3 Å². The van der Waals surface area contributed by atoms with Crippen molar-refractivity contribution < 1.29 is 28.6 Å². The zero-order valence-corrected chi connectivity index (χ0v) is 54.9. The first-order valence-corrected chi connectivity index (χ1v) is 35.7. The Balaban J connectivity index is 4.25. The number of allylic oxidation sites excluding steroid dienone is 16. The number of hydrogen-bond donors (Lipinski definition) is 0. The van der Waals surface area contributed by atoms with Crippen LogP contribution in [0.3, 0.4) is 0 Å². The molecule has 0 radical (unpaired) electrons. The summed E-state index contributed by atoms with van der Waals surface area (Å²) in [4.78, 5) is 38.3. The molecule has 0 aromatic heterocycles. The average molecular weight is 1160 g/mol. The molecule has 83 heavy (non-hydrogen) atoms. The van der Waals surface area contributed by atoms with Gasteiger partial charge in [-0.05, 0) is 83.5 Å². The Morgan fingerprint density at radius 2 is 0.506 bits per heavy atom. The molecule has 0 bridgehead atoms. The molecule has 0 saturated carbocycles. The standard InChI is InChI=1S/C77H134O6/c1-4-7-10-13-16-19-22-25-28-30-32-33-34-35-36-37-38-39-40-41-42-43-44-46-47-49-52-55-58-61-64-67-70-76(79)82-73-74(72-81-75(78)69-66-63-60-57-54-51-27-24-21-18-15-12-9-6-3)83-77(80)71-68-65-62-59-56-53-50-48-45-31-29-26-23-20-17-14-11-8-5-2/h8,11,15,17-18,20,24,26-27,29,45,48,53,56,62,65,74H,4-7,9-10,12-14,16,19,21-23,25,28,30-44,46-47,49-52,54-55,57-61,63-64,66-73H2,1-3H3/b11-8-,18-15-,20-17-,27-24-,29-26-,48-45-,56-53-,65-62-. The van der Waals surface area contributed by atoms with Crippen LogP contribution in [-0.2, 0) is 28.6 Å². The fraction of sp³-hybridized carbons (Fsp3) is 0.753. The van der Waals surface area contributed by atoms with Crippen LogP contribution in [0.15, 0.2) is 97.2 Å². The highest BCUT2D eigenvalue weighted by Crippen LogP contribution is 2.18. The number of carbonyl (C=O) groups is 3. The molecule has 1 atom stereocenters. The topological polar surface area (TPSA) is 78.9 Å². The quantitative estimate of drug-likeness (QED) is 0.0261. The van der Waals surface area contributed by atoms with Crippen LogP contribution in [0.4, 0.5) is 0 Å². The number of hydrogen-bond acceptors (Lipinski definition) is 6. The van der Waals surface area contributed by atoms with Crippen LogP contribution < -0.4 is 0 Å². The molecule has 0 aromatic rings. The first kappa shape index (κ1) is 79.3. The lowest BCUT2D eigenvalue weighted by molar-refractivity contribution is -0.166. The van der Waals surface area contributed by atoms with E-state index in [1.54, 1.807) is 0 Å². The van der Waals surface area contributed by atoms with E-state index in [2.05, 4.69) is 112 Å². The van der Waals surface area contributed by atoms with Crippen LogP contribution >= 0.6 is 0 Å². The molecule has 0 rings (SSSR count). The monoisotopic (exact) mass is 1160 g/mol. The second kappa shape index (κ2) is 70.8. The Labute approximate surface area is 515 Å². The Morgan fingerprint density at radius 3 is 0.819 bits per heavy atom. The normalized spacial score (nSPS) is 12.7.